The third-order valence-electron chi connectivity index (χ3n) is 5.09. The number of carbonyl (C=O) groups is 1. The molecule has 0 unspecified atom stereocenters. The molecule has 1 aliphatic heterocycles. The quantitative estimate of drug-likeness (QED) is 0.735. The van der Waals surface area contributed by atoms with E-state index >= 15 is 0 Å². The van der Waals surface area contributed by atoms with Crippen molar-refractivity contribution in [2.45, 2.75) is 13.0 Å². The number of hydrogen-bond donors (Lipinski definition) is 0. The molecular weight excluding hydrogens is 356 g/mol. The van der Waals surface area contributed by atoms with Gasteiger partial charge in [0.15, 0.2) is 11.5 Å². The summed E-state index contributed by atoms with van der Waals surface area (Å²) >= 11 is 0. The Kier molecular flexibility index (Phi) is 6.76. The minimum atomic E-state index is 0.149. The van der Waals surface area contributed by atoms with Crippen molar-refractivity contribution >= 4 is 5.91 Å². The first-order chi connectivity index (χ1) is 13.6. The van der Waals surface area contributed by atoms with Crippen molar-refractivity contribution < 1.29 is 19.0 Å². The third kappa shape index (κ3) is 4.95. The van der Waals surface area contributed by atoms with Crippen molar-refractivity contribution in [3.8, 4) is 17.2 Å². The molecule has 2 aromatic carbocycles. The number of amides is 1. The summed E-state index contributed by atoms with van der Waals surface area (Å²) in [4.78, 5) is 17.0. The highest BCUT2D eigenvalue weighted by atomic mass is 16.5. The first kappa shape index (κ1) is 20.0. The van der Waals surface area contributed by atoms with Crippen LogP contribution in [0.4, 0.5) is 0 Å². The van der Waals surface area contributed by atoms with Gasteiger partial charge in [-0.3, -0.25) is 9.69 Å². The standard InChI is InChI=1S/C22H28N2O4/c1-26-19-7-4-17(5-8-19)16-23-10-12-24(13-11-23)22(25)15-18-6-9-20(27-2)21(14-18)28-3/h4-9,14H,10-13,15-16H2,1-3H3. The molecule has 0 spiro atoms. The van der Waals surface area contributed by atoms with E-state index in [2.05, 4.69) is 17.0 Å². The minimum Gasteiger partial charge on any atom is -0.497 e. The average molecular weight is 384 g/mol. The van der Waals surface area contributed by atoms with Crippen molar-refractivity contribution in [2.75, 3.05) is 47.5 Å². The van der Waals surface area contributed by atoms with Crippen molar-refractivity contribution in [3.63, 3.8) is 0 Å². The zero-order valence-corrected chi connectivity index (χ0v) is 16.8. The molecule has 0 atom stereocenters. The molecule has 0 bridgehead atoms. The Bertz CT molecular complexity index is 784. The van der Waals surface area contributed by atoms with Crippen LogP contribution >= 0.6 is 0 Å². The van der Waals surface area contributed by atoms with Crippen molar-refractivity contribution in [1.82, 2.24) is 9.80 Å². The molecule has 150 valence electrons. The molecule has 0 radical (unpaired) electrons. The number of carbonyl (C=O) groups excluding carboxylic acids is 1. The lowest BCUT2D eigenvalue weighted by Gasteiger charge is -2.35. The van der Waals surface area contributed by atoms with Crippen LogP contribution in [0.25, 0.3) is 0 Å². The Hall–Kier alpha value is -2.73. The normalized spacial score (nSPS) is 14.6. The molecule has 6 heteroatoms. The fourth-order valence-corrected chi connectivity index (χ4v) is 3.42. The van der Waals surface area contributed by atoms with Gasteiger partial charge in [-0.25, -0.2) is 0 Å². The number of rotatable bonds is 7. The fraction of sp³-hybridized carbons (Fsp3) is 0.409. The largest absolute Gasteiger partial charge is 0.497 e. The SMILES string of the molecule is COc1ccc(CN2CCN(C(=O)Cc3ccc(OC)c(OC)c3)CC2)cc1. The van der Waals surface area contributed by atoms with Gasteiger partial charge in [0, 0.05) is 32.7 Å². The van der Waals surface area contributed by atoms with E-state index < -0.39 is 0 Å². The Morgan fingerprint density at radius 2 is 1.46 bits per heavy atom. The summed E-state index contributed by atoms with van der Waals surface area (Å²) in [5, 5.41) is 0. The molecule has 2 aromatic rings. The topological polar surface area (TPSA) is 51.2 Å². The fourth-order valence-electron chi connectivity index (χ4n) is 3.42. The molecule has 1 amide bonds. The molecule has 0 aromatic heterocycles. The minimum absolute atomic E-state index is 0.149. The molecule has 1 saturated heterocycles. The zero-order chi connectivity index (χ0) is 19.9. The Morgan fingerprint density at radius 3 is 2.07 bits per heavy atom. The summed E-state index contributed by atoms with van der Waals surface area (Å²) in [6.45, 7) is 4.15. The number of benzene rings is 2. The van der Waals surface area contributed by atoms with Crippen LogP contribution in [0.15, 0.2) is 42.5 Å². The maximum Gasteiger partial charge on any atom is 0.227 e. The van der Waals surface area contributed by atoms with Crippen LogP contribution in [-0.2, 0) is 17.8 Å². The first-order valence-electron chi connectivity index (χ1n) is 9.47. The Labute approximate surface area is 166 Å². The predicted octanol–water partition coefficient (Wildman–Crippen LogP) is 2.60. The zero-order valence-electron chi connectivity index (χ0n) is 16.8. The van der Waals surface area contributed by atoms with Gasteiger partial charge >= 0.3 is 0 Å². The average Bonchev–Trinajstić information content (AvgIpc) is 2.74. The van der Waals surface area contributed by atoms with Crippen molar-refractivity contribution in [2.24, 2.45) is 0 Å². The van der Waals surface area contributed by atoms with Gasteiger partial charge in [0.1, 0.15) is 5.75 Å². The molecule has 1 heterocycles. The van der Waals surface area contributed by atoms with Gasteiger partial charge in [-0.05, 0) is 35.4 Å². The maximum atomic E-state index is 12.7. The lowest BCUT2D eigenvalue weighted by molar-refractivity contribution is -0.132. The molecule has 28 heavy (non-hydrogen) atoms. The number of ether oxygens (including phenoxy) is 3. The molecule has 1 fully saturated rings. The van der Waals surface area contributed by atoms with E-state index in [4.69, 9.17) is 14.2 Å². The highest BCUT2D eigenvalue weighted by molar-refractivity contribution is 5.79. The lowest BCUT2D eigenvalue weighted by atomic mass is 10.1. The molecule has 6 nitrogen and oxygen atoms in total. The van der Waals surface area contributed by atoms with E-state index in [1.165, 1.54) is 5.56 Å². The second kappa shape index (κ2) is 9.46. The van der Waals surface area contributed by atoms with E-state index in [1.54, 1.807) is 21.3 Å². The molecule has 0 N–H and O–H groups in total. The van der Waals surface area contributed by atoms with E-state index in [1.807, 2.05) is 35.2 Å². The van der Waals surface area contributed by atoms with Crippen LogP contribution in [0.1, 0.15) is 11.1 Å². The van der Waals surface area contributed by atoms with E-state index in [-0.39, 0.29) is 5.91 Å². The predicted molar refractivity (Wildman–Crippen MR) is 108 cm³/mol. The summed E-state index contributed by atoms with van der Waals surface area (Å²) in [7, 11) is 4.88. The van der Waals surface area contributed by atoms with Crippen LogP contribution in [-0.4, -0.2) is 63.2 Å². The lowest BCUT2D eigenvalue weighted by Crippen LogP contribution is -2.48. The highest BCUT2D eigenvalue weighted by Crippen LogP contribution is 2.28. The summed E-state index contributed by atoms with van der Waals surface area (Å²) in [6.07, 6.45) is 0.374. The molecule has 3 rings (SSSR count). The van der Waals surface area contributed by atoms with Gasteiger partial charge in [0.25, 0.3) is 0 Å². The number of methoxy groups -OCH3 is 3. The summed E-state index contributed by atoms with van der Waals surface area (Å²) in [5.41, 5.74) is 2.19. The second-order valence-electron chi connectivity index (χ2n) is 6.87. The Morgan fingerprint density at radius 1 is 0.821 bits per heavy atom. The highest BCUT2D eigenvalue weighted by Gasteiger charge is 2.21. The smallest absolute Gasteiger partial charge is 0.227 e. The molecule has 0 aliphatic carbocycles. The van der Waals surface area contributed by atoms with Crippen molar-refractivity contribution in [1.29, 1.82) is 0 Å². The van der Waals surface area contributed by atoms with E-state index in [9.17, 15) is 4.79 Å². The van der Waals surface area contributed by atoms with Crippen LogP contribution < -0.4 is 14.2 Å². The van der Waals surface area contributed by atoms with E-state index in [0.29, 0.717) is 17.9 Å². The number of piperazine rings is 1. The summed E-state index contributed by atoms with van der Waals surface area (Å²) in [6, 6.07) is 13.8. The van der Waals surface area contributed by atoms with Gasteiger partial charge in [-0.2, -0.15) is 0 Å². The maximum absolute atomic E-state index is 12.7. The third-order valence-corrected chi connectivity index (χ3v) is 5.09. The van der Waals surface area contributed by atoms with Crippen LogP contribution in [0, 0.1) is 0 Å². The van der Waals surface area contributed by atoms with Crippen molar-refractivity contribution in [3.05, 3.63) is 53.6 Å². The Balaban J connectivity index is 1.50. The monoisotopic (exact) mass is 384 g/mol. The van der Waals surface area contributed by atoms with Gasteiger partial charge in [-0.15, -0.1) is 0 Å². The summed E-state index contributed by atoms with van der Waals surface area (Å²) in [5.74, 6) is 2.34. The molecule has 0 saturated carbocycles. The van der Waals surface area contributed by atoms with Crippen LogP contribution in [0.3, 0.4) is 0 Å². The van der Waals surface area contributed by atoms with Gasteiger partial charge in [0.05, 0.1) is 27.8 Å². The number of hydrogen-bond acceptors (Lipinski definition) is 5. The van der Waals surface area contributed by atoms with Gasteiger partial charge in [-0.1, -0.05) is 18.2 Å². The number of nitrogens with zero attached hydrogens (tertiary/aromatic N) is 2. The first-order valence-corrected chi connectivity index (χ1v) is 9.47. The van der Waals surface area contributed by atoms with Crippen LogP contribution in [0.5, 0.6) is 17.2 Å². The van der Waals surface area contributed by atoms with Crippen LogP contribution in [0.2, 0.25) is 0 Å². The van der Waals surface area contributed by atoms with E-state index in [0.717, 1.165) is 44.0 Å². The second-order valence-corrected chi connectivity index (χ2v) is 6.87. The molecule has 1 aliphatic rings. The summed E-state index contributed by atoms with van der Waals surface area (Å²) < 4.78 is 15.8. The van der Waals surface area contributed by atoms with Gasteiger partial charge in [0.2, 0.25) is 5.91 Å². The van der Waals surface area contributed by atoms with Gasteiger partial charge < -0.3 is 19.1 Å². The molecular formula is C22H28N2O4.